The van der Waals surface area contributed by atoms with Crippen molar-refractivity contribution < 1.29 is 14.6 Å². The van der Waals surface area contributed by atoms with Gasteiger partial charge >= 0.3 is 0 Å². The molecule has 104 valence electrons. The van der Waals surface area contributed by atoms with Crippen molar-refractivity contribution in [2.75, 3.05) is 26.7 Å². The number of methoxy groups -OCH3 is 1. The van der Waals surface area contributed by atoms with Gasteiger partial charge in [0.2, 0.25) is 0 Å². The number of ether oxygens (including phenoxy) is 1. The van der Waals surface area contributed by atoms with E-state index in [1.54, 1.807) is 23.1 Å². The Bertz CT molecular complexity index is 486. The maximum atomic E-state index is 12.6. The largest absolute Gasteiger partial charge is 0.504 e. The van der Waals surface area contributed by atoms with Gasteiger partial charge in [-0.15, -0.1) is 0 Å². The molecule has 0 atom stereocenters. The predicted molar refractivity (Wildman–Crippen MR) is 72.6 cm³/mol. The van der Waals surface area contributed by atoms with Crippen LogP contribution in [0.2, 0.25) is 0 Å². The van der Waals surface area contributed by atoms with E-state index in [0.717, 1.165) is 13.1 Å². The Hall–Kier alpha value is -1.75. The molecule has 5 heteroatoms. The number of phenolic OH excluding ortho intramolecular Hbond substituents is 1. The van der Waals surface area contributed by atoms with E-state index >= 15 is 0 Å². The zero-order valence-corrected chi connectivity index (χ0v) is 11.6. The summed E-state index contributed by atoms with van der Waals surface area (Å²) in [7, 11) is 1.47. The fraction of sp³-hybridized carbons (Fsp3) is 0.500. The summed E-state index contributed by atoms with van der Waals surface area (Å²) in [6, 6.07) is 4.97. The Labute approximate surface area is 113 Å². The number of rotatable bonds is 2. The van der Waals surface area contributed by atoms with E-state index in [-0.39, 0.29) is 22.8 Å². The van der Waals surface area contributed by atoms with E-state index in [9.17, 15) is 9.90 Å². The molecule has 5 nitrogen and oxygen atoms in total. The Kier molecular flexibility index (Phi) is 3.66. The Morgan fingerprint density at radius 2 is 2.21 bits per heavy atom. The summed E-state index contributed by atoms with van der Waals surface area (Å²) in [6.45, 7) is 6.15. The molecule has 0 saturated carbocycles. The zero-order chi connectivity index (χ0) is 14.0. The van der Waals surface area contributed by atoms with Crippen LogP contribution < -0.4 is 10.1 Å². The molecule has 2 N–H and O–H groups in total. The summed E-state index contributed by atoms with van der Waals surface area (Å²) in [5, 5.41) is 13.3. The number of amides is 1. The lowest BCUT2D eigenvalue weighted by Gasteiger charge is -2.42. The third kappa shape index (κ3) is 2.51. The van der Waals surface area contributed by atoms with Crippen LogP contribution in [0, 0.1) is 0 Å². The number of aromatic hydroxyl groups is 1. The summed E-state index contributed by atoms with van der Waals surface area (Å²) in [5.41, 5.74) is 0.0134. The van der Waals surface area contributed by atoms with Crippen LogP contribution >= 0.6 is 0 Å². The number of piperazine rings is 1. The Balaban J connectivity index is 2.34. The first kappa shape index (κ1) is 13.7. The Morgan fingerprint density at radius 3 is 2.84 bits per heavy atom. The molecule has 0 unspecified atom stereocenters. The number of para-hydroxylation sites is 1. The normalized spacial score (nSPS) is 18.2. The zero-order valence-electron chi connectivity index (χ0n) is 11.6. The smallest absolute Gasteiger partial charge is 0.258 e. The molecule has 0 aromatic heterocycles. The van der Waals surface area contributed by atoms with E-state index in [0.29, 0.717) is 12.3 Å². The second-order valence-electron chi connectivity index (χ2n) is 5.30. The lowest BCUT2D eigenvalue weighted by molar-refractivity contribution is 0.0474. The number of phenols is 1. The van der Waals surface area contributed by atoms with Gasteiger partial charge in [0.1, 0.15) is 0 Å². The van der Waals surface area contributed by atoms with Gasteiger partial charge in [-0.05, 0) is 26.0 Å². The van der Waals surface area contributed by atoms with Crippen LogP contribution in [0.25, 0.3) is 0 Å². The summed E-state index contributed by atoms with van der Waals surface area (Å²) in [4.78, 5) is 14.4. The summed E-state index contributed by atoms with van der Waals surface area (Å²) in [5.74, 6) is 0.0611. The number of carbonyl (C=O) groups excluding carboxylic acids is 1. The van der Waals surface area contributed by atoms with Gasteiger partial charge in [0, 0.05) is 19.6 Å². The van der Waals surface area contributed by atoms with Crippen LogP contribution in [0.4, 0.5) is 0 Å². The quantitative estimate of drug-likeness (QED) is 0.843. The number of carbonyl (C=O) groups is 1. The molecule has 1 aromatic carbocycles. The highest BCUT2D eigenvalue weighted by Gasteiger charge is 2.34. The summed E-state index contributed by atoms with van der Waals surface area (Å²) < 4.78 is 5.04. The van der Waals surface area contributed by atoms with Crippen molar-refractivity contribution in [1.29, 1.82) is 0 Å². The van der Waals surface area contributed by atoms with E-state index in [1.807, 2.05) is 13.8 Å². The number of hydrogen-bond donors (Lipinski definition) is 2. The van der Waals surface area contributed by atoms with Gasteiger partial charge in [-0.1, -0.05) is 6.07 Å². The lowest BCUT2D eigenvalue weighted by atomic mass is 9.98. The molecule has 1 heterocycles. The van der Waals surface area contributed by atoms with Gasteiger partial charge in [-0.25, -0.2) is 0 Å². The number of benzene rings is 1. The molecule has 1 aromatic rings. The third-order valence-electron chi connectivity index (χ3n) is 3.49. The molecule has 1 amide bonds. The van der Waals surface area contributed by atoms with Gasteiger partial charge < -0.3 is 20.1 Å². The van der Waals surface area contributed by atoms with Gasteiger partial charge in [0.05, 0.1) is 18.2 Å². The number of nitrogens with one attached hydrogen (secondary N) is 1. The average Bonchev–Trinajstić information content (AvgIpc) is 2.38. The molecule has 1 saturated heterocycles. The third-order valence-corrected chi connectivity index (χ3v) is 3.49. The minimum absolute atomic E-state index is 0.0932. The molecule has 19 heavy (non-hydrogen) atoms. The van der Waals surface area contributed by atoms with Crippen LogP contribution in [-0.4, -0.2) is 48.2 Å². The lowest BCUT2D eigenvalue weighted by Crippen LogP contribution is -2.59. The van der Waals surface area contributed by atoms with Crippen molar-refractivity contribution in [1.82, 2.24) is 10.2 Å². The molecule has 0 radical (unpaired) electrons. The van der Waals surface area contributed by atoms with Crippen molar-refractivity contribution in [3.8, 4) is 11.5 Å². The van der Waals surface area contributed by atoms with Crippen molar-refractivity contribution >= 4 is 5.91 Å². The summed E-state index contributed by atoms with van der Waals surface area (Å²) >= 11 is 0. The molecule has 0 bridgehead atoms. The highest BCUT2D eigenvalue weighted by atomic mass is 16.5. The highest BCUT2D eigenvalue weighted by Crippen LogP contribution is 2.31. The molecular formula is C14H20N2O3. The van der Waals surface area contributed by atoms with Crippen molar-refractivity contribution in [2.24, 2.45) is 0 Å². The first-order valence-electron chi connectivity index (χ1n) is 6.36. The number of nitrogens with zero attached hydrogens (tertiary/aromatic N) is 1. The van der Waals surface area contributed by atoms with Crippen molar-refractivity contribution in [3.63, 3.8) is 0 Å². The van der Waals surface area contributed by atoms with Crippen LogP contribution in [0.15, 0.2) is 18.2 Å². The maximum Gasteiger partial charge on any atom is 0.258 e. The second kappa shape index (κ2) is 5.09. The van der Waals surface area contributed by atoms with E-state index < -0.39 is 0 Å². The molecule has 1 aliphatic heterocycles. The van der Waals surface area contributed by atoms with Crippen LogP contribution in [0.3, 0.4) is 0 Å². The van der Waals surface area contributed by atoms with Crippen LogP contribution in [-0.2, 0) is 0 Å². The standard InChI is InChI=1S/C14H20N2O3/c1-14(2)9-15-7-8-16(14)13(18)10-5-4-6-11(19-3)12(10)17/h4-6,15,17H,7-9H2,1-3H3. The van der Waals surface area contributed by atoms with E-state index in [2.05, 4.69) is 5.32 Å². The minimum atomic E-state index is -0.273. The first-order valence-corrected chi connectivity index (χ1v) is 6.36. The highest BCUT2D eigenvalue weighted by molar-refractivity contribution is 5.98. The molecule has 1 fully saturated rings. The monoisotopic (exact) mass is 264 g/mol. The molecule has 0 spiro atoms. The SMILES string of the molecule is COc1cccc(C(=O)N2CCNCC2(C)C)c1O. The average molecular weight is 264 g/mol. The van der Waals surface area contributed by atoms with E-state index in [4.69, 9.17) is 4.74 Å². The van der Waals surface area contributed by atoms with Crippen molar-refractivity contribution in [3.05, 3.63) is 23.8 Å². The van der Waals surface area contributed by atoms with Crippen LogP contribution in [0.5, 0.6) is 11.5 Å². The first-order chi connectivity index (χ1) is 8.97. The van der Waals surface area contributed by atoms with Gasteiger partial charge in [-0.3, -0.25) is 4.79 Å². The van der Waals surface area contributed by atoms with Gasteiger partial charge in [0.15, 0.2) is 11.5 Å². The molecule has 0 aliphatic carbocycles. The van der Waals surface area contributed by atoms with Gasteiger partial charge in [-0.2, -0.15) is 0 Å². The minimum Gasteiger partial charge on any atom is -0.504 e. The van der Waals surface area contributed by atoms with Gasteiger partial charge in [0.25, 0.3) is 5.91 Å². The fourth-order valence-corrected chi connectivity index (χ4v) is 2.36. The van der Waals surface area contributed by atoms with Crippen molar-refractivity contribution in [2.45, 2.75) is 19.4 Å². The second-order valence-corrected chi connectivity index (χ2v) is 5.30. The molecule has 2 rings (SSSR count). The predicted octanol–water partition coefficient (Wildman–Crippen LogP) is 1.22. The maximum absolute atomic E-state index is 12.6. The number of hydrogen-bond acceptors (Lipinski definition) is 4. The molecular weight excluding hydrogens is 244 g/mol. The fourth-order valence-electron chi connectivity index (χ4n) is 2.36. The molecule has 1 aliphatic rings. The Morgan fingerprint density at radius 1 is 1.47 bits per heavy atom. The topological polar surface area (TPSA) is 61.8 Å². The summed E-state index contributed by atoms with van der Waals surface area (Å²) in [6.07, 6.45) is 0. The van der Waals surface area contributed by atoms with E-state index in [1.165, 1.54) is 7.11 Å². The van der Waals surface area contributed by atoms with Crippen LogP contribution in [0.1, 0.15) is 24.2 Å².